The number of aliphatic hydroxyl groups is 2. The average molecular weight is 703 g/mol. The first-order chi connectivity index (χ1) is 23.7. The predicted molar refractivity (Wildman–Crippen MR) is 194 cm³/mol. The maximum atomic E-state index is 11.8. The van der Waals surface area contributed by atoms with Crippen LogP contribution >= 0.6 is 0 Å². The van der Waals surface area contributed by atoms with Crippen molar-refractivity contribution in [1.82, 2.24) is 0 Å². The van der Waals surface area contributed by atoms with Gasteiger partial charge in [0.1, 0.15) is 6.10 Å². The van der Waals surface area contributed by atoms with Crippen molar-refractivity contribution in [3.05, 3.63) is 48.1 Å². The Morgan fingerprint density at radius 3 is 2.28 bits per heavy atom. The molecule has 5 aliphatic rings. The Balaban J connectivity index is 1.24. The molecular weight excluding hydrogens is 636 g/mol. The lowest BCUT2D eigenvalue weighted by molar-refractivity contribution is -0.273. The molecule has 5 rings (SSSR count). The third-order valence-electron chi connectivity index (χ3n) is 12.4. The van der Waals surface area contributed by atoms with Crippen LogP contribution in [0.3, 0.4) is 0 Å². The average Bonchev–Trinajstić information content (AvgIpc) is 3.33. The summed E-state index contributed by atoms with van der Waals surface area (Å²) in [5, 5.41) is 23.1. The summed E-state index contributed by atoms with van der Waals surface area (Å²) in [5.41, 5.74) is 0.199. The van der Waals surface area contributed by atoms with E-state index < -0.39 is 29.0 Å². The van der Waals surface area contributed by atoms with Crippen molar-refractivity contribution < 1.29 is 43.4 Å². The second-order valence-electron chi connectivity index (χ2n) is 16.4. The Bertz CT molecular complexity index is 1220. The number of methoxy groups -OCH3 is 2. The predicted octanol–water partition coefficient (Wildman–Crippen LogP) is 6.90. The molecule has 9 nitrogen and oxygen atoms in total. The largest absolute Gasteiger partial charge is 0.390 e. The van der Waals surface area contributed by atoms with Gasteiger partial charge in [0.2, 0.25) is 0 Å². The molecule has 50 heavy (non-hydrogen) atoms. The molecule has 0 saturated carbocycles. The lowest BCUT2D eigenvalue weighted by Crippen LogP contribution is -2.59. The minimum atomic E-state index is -0.924. The third-order valence-corrected chi connectivity index (χ3v) is 12.4. The van der Waals surface area contributed by atoms with Crippen molar-refractivity contribution in [2.45, 2.75) is 190 Å². The molecule has 0 aromatic rings. The van der Waals surface area contributed by atoms with Crippen LogP contribution in [0.1, 0.15) is 112 Å². The summed E-state index contributed by atoms with van der Waals surface area (Å²) in [4.78, 5) is 0. The van der Waals surface area contributed by atoms with Crippen LogP contribution in [0.25, 0.3) is 0 Å². The molecule has 5 saturated heterocycles. The van der Waals surface area contributed by atoms with Crippen LogP contribution in [-0.2, 0) is 33.2 Å². The summed E-state index contributed by atoms with van der Waals surface area (Å²) < 4.78 is 45.0. The Hall–Kier alpha value is -1.40. The minimum absolute atomic E-state index is 0.0605. The van der Waals surface area contributed by atoms with Gasteiger partial charge in [-0.25, -0.2) is 0 Å². The van der Waals surface area contributed by atoms with Crippen LogP contribution in [0.4, 0.5) is 0 Å². The molecular formula is C41H66O9. The molecule has 0 amide bonds. The van der Waals surface area contributed by atoms with Crippen LogP contribution in [0.15, 0.2) is 48.1 Å². The van der Waals surface area contributed by atoms with E-state index in [4.69, 9.17) is 33.2 Å². The molecule has 2 N–H and O–H groups in total. The fourth-order valence-electron chi connectivity index (χ4n) is 8.97. The molecule has 0 aromatic carbocycles. The first kappa shape index (κ1) is 39.8. The van der Waals surface area contributed by atoms with Crippen molar-refractivity contribution in [3.8, 4) is 0 Å². The van der Waals surface area contributed by atoms with Crippen LogP contribution in [0.2, 0.25) is 0 Å². The Kier molecular flexibility index (Phi) is 13.3. The zero-order valence-corrected chi connectivity index (χ0v) is 32.0. The Labute approximate surface area is 301 Å². The van der Waals surface area contributed by atoms with Gasteiger partial charge >= 0.3 is 0 Å². The summed E-state index contributed by atoms with van der Waals surface area (Å²) in [5.74, 6) is 0.305. The lowest BCUT2D eigenvalue weighted by atomic mass is 9.79. The lowest BCUT2D eigenvalue weighted by Gasteiger charge is -2.49. The molecule has 0 aromatic heterocycles. The third kappa shape index (κ3) is 9.03. The number of fused-ring (bicyclic) bond motifs is 4. The summed E-state index contributed by atoms with van der Waals surface area (Å²) in [6, 6.07) is 0. The van der Waals surface area contributed by atoms with E-state index in [1.807, 2.05) is 19.1 Å². The van der Waals surface area contributed by atoms with Crippen molar-refractivity contribution in [2.75, 3.05) is 14.2 Å². The Morgan fingerprint density at radius 2 is 1.56 bits per heavy atom. The number of allylic oxidation sites excluding steroid dienone is 6. The molecule has 5 heterocycles. The molecule has 0 bridgehead atoms. The summed E-state index contributed by atoms with van der Waals surface area (Å²) in [7, 11) is 3.28. The SMILES string of the molecule is C=C/C=C\CC[C@H]1O[C@H]2CC[C@@]3(C)O[C@H]4C(O)C[C@@]5(C)O[C@@H](CC/C=C(C)/C(C)=C/C(OC)OC)C(C)CC5OC4CC3OC2CC[C@@]1(C)O. The molecule has 6 unspecified atom stereocenters. The van der Waals surface area contributed by atoms with Crippen molar-refractivity contribution in [3.63, 3.8) is 0 Å². The van der Waals surface area contributed by atoms with Gasteiger partial charge in [0, 0.05) is 27.1 Å². The zero-order chi connectivity index (χ0) is 36.3. The smallest absolute Gasteiger partial charge is 0.176 e. The zero-order valence-electron chi connectivity index (χ0n) is 32.0. The van der Waals surface area contributed by atoms with Gasteiger partial charge in [0.25, 0.3) is 0 Å². The normalized spacial score (nSPS) is 44.4. The van der Waals surface area contributed by atoms with E-state index in [2.05, 4.69) is 53.3 Å². The maximum Gasteiger partial charge on any atom is 0.176 e. The molecule has 0 spiro atoms. The number of ether oxygens (including phenoxy) is 7. The highest BCUT2D eigenvalue weighted by molar-refractivity contribution is 5.27. The van der Waals surface area contributed by atoms with Crippen LogP contribution < -0.4 is 0 Å². The highest BCUT2D eigenvalue weighted by Crippen LogP contribution is 2.49. The molecule has 5 aliphatic heterocycles. The fraction of sp³-hybridized carbons (Fsp3) is 0.805. The Morgan fingerprint density at radius 1 is 0.880 bits per heavy atom. The van der Waals surface area contributed by atoms with Gasteiger partial charge in [-0.15, -0.1) is 0 Å². The van der Waals surface area contributed by atoms with Gasteiger partial charge in [-0.3, -0.25) is 0 Å². The highest BCUT2D eigenvalue weighted by atomic mass is 16.7. The standard InChI is InChI=1S/C41H66O9/c1-10-11-12-13-17-34-39(5,43)20-18-31-32(46-34)19-21-40(6)36(47-31)24-33-38(50-40)29(42)25-41(7)35(48-33)22-28(4)30(49-41)16-14-15-26(2)27(3)23-37(44-8)45-9/h10-12,15,23,28-38,42-43H,1,13-14,16-22,24-25H2,2-9H3/b12-11-,26-15+,27-23+/t28?,29?,30-,31?,32-,33?,34+,35?,36?,38-,39+,40+,41+/m0/s1. The number of aliphatic hydroxyl groups excluding tert-OH is 1. The quantitative estimate of drug-likeness (QED) is 0.176. The van der Waals surface area contributed by atoms with Gasteiger partial charge in [-0.2, -0.15) is 0 Å². The summed E-state index contributed by atoms with van der Waals surface area (Å²) >= 11 is 0. The van der Waals surface area contributed by atoms with Gasteiger partial charge in [0.05, 0.1) is 65.6 Å². The van der Waals surface area contributed by atoms with Crippen LogP contribution in [0.5, 0.6) is 0 Å². The molecule has 284 valence electrons. The van der Waals surface area contributed by atoms with Gasteiger partial charge in [-0.05, 0) is 110 Å². The second kappa shape index (κ2) is 16.7. The monoisotopic (exact) mass is 702 g/mol. The second-order valence-corrected chi connectivity index (χ2v) is 16.4. The molecule has 9 heteroatoms. The first-order valence-electron chi connectivity index (χ1n) is 19.1. The topological polar surface area (TPSA) is 105 Å². The van der Waals surface area contributed by atoms with E-state index in [9.17, 15) is 10.2 Å². The summed E-state index contributed by atoms with van der Waals surface area (Å²) in [6.07, 6.45) is 15.5. The minimum Gasteiger partial charge on any atom is -0.390 e. The van der Waals surface area contributed by atoms with Crippen molar-refractivity contribution in [2.24, 2.45) is 5.92 Å². The van der Waals surface area contributed by atoms with Crippen molar-refractivity contribution >= 4 is 0 Å². The van der Waals surface area contributed by atoms with E-state index in [-0.39, 0.29) is 49.0 Å². The van der Waals surface area contributed by atoms with E-state index >= 15 is 0 Å². The van der Waals surface area contributed by atoms with Gasteiger partial charge in [-0.1, -0.05) is 43.4 Å². The molecule has 0 aliphatic carbocycles. The van der Waals surface area contributed by atoms with Gasteiger partial charge in [0.15, 0.2) is 6.29 Å². The van der Waals surface area contributed by atoms with E-state index in [0.717, 1.165) is 56.9 Å². The van der Waals surface area contributed by atoms with Crippen molar-refractivity contribution in [1.29, 1.82) is 0 Å². The first-order valence-corrected chi connectivity index (χ1v) is 19.1. The van der Waals surface area contributed by atoms with Crippen LogP contribution in [0, 0.1) is 5.92 Å². The van der Waals surface area contributed by atoms with E-state index in [0.29, 0.717) is 25.2 Å². The van der Waals surface area contributed by atoms with E-state index in [1.54, 1.807) is 20.3 Å². The molecule has 13 atom stereocenters. The molecule has 5 fully saturated rings. The number of rotatable bonds is 11. The maximum absolute atomic E-state index is 11.8. The number of hydrogen-bond donors (Lipinski definition) is 2. The van der Waals surface area contributed by atoms with Crippen LogP contribution in [-0.4, -0.2) is 102 Å². The molecule has 0 radical (unpaired) electrons. The van der Waals surface area contributed by atoms with E-state index in [1.165, 1.54) is 5.57 Å². The van der Waals surface area contributed by atoms with Gasteiger partial charge < -0.3 is 43.4 Å². The summed E-state index contributed by atoms with van der Waals surface area (Å²) in [6.45, 7) is 16.3. The highest BCUT2D eigenvalue weighted by Gasteiger charge is 2.58. The number of hydrogen-bond acceptors (Lipinski definition) is 9. The fourth-order valence-corrected chi connectivity index (χ4v) is 8.97.